The molecule has 1 atom stereocenters. The maximum atomic E-state index is 13.0. The number of hydrogen-bond donors (Lipinski definition) is 1. The average molecular weight is 439 g/mol. The molecule has 4 aromatic rings. The molecule has 6 heteroatoms. The minimum absolute atomic E-state index is 0.0857. The van der Waals surface area contributed by atoms with E-state index in [1.807, 2.05) is 36.4 Å². The standard InChI is InChI=1S/C24H23ClN2O2S/c1-24(2,3)13-8-9-15-19(12-13)30-23-20(15)22(28)26-21(27-23)18-11-10-17(29-18)14-6-4-5-7-16(14)25/h4-7,10-11,13H,8-9,12H2,1-3H3,(H,26,27,28). The first-order valence-electron chi connectivity index (χ1n) is 10.2. The van der Waals surface area contributed by atoms with Crippen molar-refractivity contribution in [2.45, 2.75) is 40.0 Å². The first-order chi connectivity index (χ1) is 14.3. The number of thiophene rings is 1. The number of rotatable bonds is 2. The molecule has 1 aliphatic carbocycles. The van der Waals surface area contributed by atoms with Crippen molar-refractivity contribution in [3.8, 4) is 22.9 Å². The molecule has 5 rings (SSSR count). The van der Waals surface area contributed by atoms with Gasteiger partial charge in [-0.3, -0.25) is 4.79 Å². The third-order valence-electron chi connectivity index (χ3n) is 6.12. The quantitative estimate of drug-likeness (QED) is 0.378. The summed E-state index contributed by atoms with van der Waals surface area (Å²) in [5.41, 5.74) is 2.18. The predicted molar refractivity (Wildman–Crippen MR) is 123 cm³/mol. The molecule has 3 heterocycles. The van der Waals surface area contributed by atoms with Crippen molar-refractivity contribution in [3.63, 3.8) is 0 Å². The molecule has 0 bridgehead atoms. The minimum atomic E-state index is -0.0857. The van der Waals surface area contributed by atoms with Crippen LogP contribution in [0.4, 0.5) is 0 Å². The fourth-order valence-corrected chi connectivity index (χ4v) is 5.84. The number of nitrogens with one attached hydrogen (secondary N) is 1. The van der Waals surface area contributed by atoms with E-state index in [0.29, 0.717) is 28.3 Å². The summed E-state index contributed by atoms with van der Waals surface area (Å²) in [6.45, 7) is 6.89. The zero-order chi connectivity index (χ0) is 21.0. The molecule has 0 amide bonds. The molecule has 3 aromatic heterocycles. The van der Waals surface area contributed by atoms with Gasteiger partial charge >= 0.3 is 0 Å². The van der Waals surface area contributed by atoms with E-state index in [0.717, 1.165) is 35.0 Å². The molecule has 0 spiro atoms. The third kappa shape index (κ3) is 3.30. The van der Waals surface area contributed by atoms with Crippen LogP contribution in [-0.2, 0) is 12.8 Å². The van der Waals surface area contributed by atoms with Gasteiger partial charge in [0.2, 0.25) is 0 Å². The number of halogens is 1. The molecule has 1 aliphatic rings. The van der Waals surface area contributed by atoms with Gasteiger partial charge in [0.25, 0.3) is 5.56 Å². The van der Waals surface area contributed by atoms with Crippen molar-refractivity contribution in [3.05, 3.63) is 62.2 Å². The van der Waals surface area contributed by atoms with Crippen molar-refractivity contribution < 1.29 is 4.42 Å². The van der Waals surface area contributed by atoms with Gasteiger partial charge in [-0.05, 0) is 60.4 Å². The molecule has 154 valence electrons. The summed E-state index contributed by atoms with van der Waals surface area (Å²) in [7, 11) is 0. The largest absolute Gasteiger partial charge is 0.453 e. The van der Waals surface area contributed by atoms with Gasteiger partial charge in [-0.25, -0.2) is 4.98 Å². The van der Waals surface area contributed by atoms with Crippen molar-refractivity contribution in [1.82, 2.24) is 9.97 Å². The Morgan fingerprint density at radius 1 is 1.17 bits per heavy atom. The molecular formula is C24H23ClN2O2S. The Labute approximate surface area is 183 Å². The molecule has 0 saturated heterocycles. The molecule has 1 N–H and O–H groups in total. The van der Waals surface area contributed by atoms with Gasteiger partial charge < -0.3 is 9.40 Å². The fourth-order valence-electron chi connectivity index (χ4n) is 4.31. The van der Waals surface area contributed by atoms with Gasteiger partial charge in [0, 0.05) is 10.4 Å². The van der Waals surface area contributed by atoms with Crippen LogP contribution < -0.4 is 5.56 Å². The minimum Gasteiger partial charge on any atom is -0.453 e. The van der Waals surface area contributed by atoms with Crippen LogP contribution in [0.2, 0.25) is 5.02 Å². The molecule has 4 nitrogen and oxygen atoms in total. The van der Waals surface area contributed by atoms with Gasteiger partial charge in [0.15, 0.2) is 11.6 Å². The summed E-state index contributed by atoms with van der Waals surface area (Å²) >= 11 is 7.94. The van der Waals surface area contributed by atoms with E-state index in [-0.39, 0.29) is 11.0 Å². The molecule has 1 unspecified atom stereocenters. The lowest BCUT2D eigenvalue weighted by Gasteiger charge is -2.33. The van der Waals surface area contributed by atoms with E-state index in [4.69, 9.17) is 21.0 Å². The number of furan rings is 1. The maximum absolute atomic E-state index is 13.0. The van der Waals surface area contributed by atoms with E-state index < -0.39 is 0 Å². The number of fused-ring (bicyclic) bond motifs is 3. The number of benzene rings is 1. The number of nitrogens with zero attached hydrogens (tertiary/aromatic N) is 1. The average Bonchev–Trinajstić information content (AvgIpc) is 3.31. The van der Waals surface area contributed by atoms with Crippen LogP contribution in [0.25, 0.3) is 33.1 Å². The Balaban J connectivity index is 1.55. The lowest BCUT2D eigenvalue weighted by Crippen LogP contribution is -2.26. The zero-order valence-corrected chi connectivity index (χ0v) is 18.8. The van der Waals surface area contributed by atoms with Gasteiger partial charge in [0.05, 0.1) is 10.4 Å². The zero-order valence-electron chi connectivity index (χ0n) is 17.2. The van der Waals surface area contributed by atoms with Crippen molar-refractivity contribution >= 4 is 33.2 Å². The van der Waals surface area contributed by atoms with Gasteiger partial charge in [0.1, 0.15) is 10.6 Å². The number of aromatic amines is 1. The maximum Gasteiger partial charge on any atom is 0.260 e. The Bertz CT molecular complexity index is 1310. The first-order valence-corrected chi connectivity index (χ1v) is 11.4. The number of hydrogen-bond acceptors (Lipinski definition) is 4. The summed E-state index contributed by atoms with van der Waals surface area (Å²) in [5.74, 6) is 2.26. The molecule has 30 heavy (non-hydrogen) atoms. The van der Waals surface area contributed by atoms with Crippen LogP contribution >= 0.6 is 22.9 Å². The third-order valence-corrected chi connectivity index (χ3v) is 7.60. The predicted octanol–water partition coefficient (Wildman–Crippen LogP) is 6.72. The monoisotopic (exact) mass is 438 g/mol. The van der Waals surface area contributed by atoms with Gasteiger partial charge in [-0.15, -0.1) is 11.3 Å². The van der Waals surface area contributed by atoms with E-state index >= 15 is 0 Å². The van der Waals surface area contributed by atoms with Crippen LogP contribution in [0.5, 0.6) is 0 Å². The second-order valence-electron chi connectivity index (χ2n) is 9.05. The number of aromatic nitrogens is 2. The molecule has 0 aliphatic heterocycles. The summed E-state index contributed by atoms with van der Waals surface area (Å²) in [4.78, 5) is 22.8. The van der Waals surface area contributed by atoms with Gasteiger partial charge in [-0.1, -0.05) is 44.5 Å². The summed E-state index contributed by atoms with van der Waals surface area (Å²) in [5, 5.41) is 1.37. The normalized spacial score (nSPS) is 16.7. The van der Waals surface area contributed by atoms with E-state index in [2.05, 4.69) is 25.8 Å². The first kappa shape index (κ1) is 19.6. The lowest BCUT2D eigenvalue weighted by molar-refractivity contribution is 0.218. The highest BCUT2D eigenvalue weighted by molar-refractivity contribution is 7.18. The fraction of sp³-hybridized carbons (Fsp3) is 0.333. The van der Waals surface area contributed by atoms with Crippen LogP contribution in [0.15, 0.2) is 45.6 Å². The van der Waals surface area contributed by atoms with E-state index in [9.17, 15) is 4.79 Å². The van der Waals surface area contributed by atoms with Gasteiger partial charge in [-0.2, -0.15) is 0 Å². The molecular weight excluding hydrogens is 416 g/mol. The lowest BCUT2D eigenvalue weighted by atomic mass is 9.72. The Hall–Kier alpha value is -2.37. The smallest absolute Gasteiger partial charge is 0.260 e. The second-order valence-corrected chi connectivity index (χ2v) is 10.5. The highest BCUT2D eigenvalue weighted by atomic mass is 35.5. The highest BCUT2D eigenvalue weighted by Gasteiger charge is 2.31. The molecule has 0 fully saturated rings. The molecule has 0 saturated carbocycles. The van der Waals surface area contributed by atoms with Crippen molar-refractivity contribution in [2.75, 3.05) is 0 Å². The Kier molecular flexibility index (Phi) is 4.64. The second kappa shape index (κ2) is 7.10. The number of aryl methyl sites for hydroxylation is 1. The highest BCUT2D eigenvalue weighted by Crippen LogP contribution is 2.42. The van der Waals surface area contributed by atoms with Crippen molar-refractivity contribution in [2.24, 2.45) is 11.3 Å². The number of H-pyrrole nitrogens is 1. The van der Waals surface area contributed by atoms with Crippen LogP contribution in [0.3, 0.4) is 0 Å². The topological polar surface area (TPSA) is 58.9 Å². The molecule has 1 aromatic carbocycles. The molecule has 0 radical (unpaired) electrons. The van der Waals surface area contributed by atoms with Crippen LogP contribution in [0, 0.1) is 11.3 Å². The summed E-state index contributed by atoms with van der Waals surface area (Å²) < 4.78 is 5.99. The summed E-state index contributed by atoms with van der Waals surface area (Å²) in [6.07, 6.45) is 3.08. The SMILES string of the molecule is CC(C)(C)C1CCc2c(sc3nc(-c4ccc(-c5ccccc5Cl)o4)[nH]c(=O)c23)C1. The van der Waals surface area contributed by atoms with E-state index in [1.54, 1.807) is 11.3 Å². The Morgan fingerprint density at radius 3 is 2.70 bits per heavy atom. The summed E-state index contributed by atoms with van der Waals surface area (Å²) in [6, 6.07) is 11.2. The Morgan fingerprint density at radius 2 is 1.93 bits per heavy atom. The van der Waals surface area contributed by atoms with Crippen molar-refractivity contribution in [1.29, 1.82) is 0 Å². The van der Waals surface area contributed by atoms with Crippen LogP contribution in [-0.4, -0.2) is 9.97 Å². The van der Waals surface area contributed by atoms with Crippen LogP contribution in [0.1, 0.15) is 37.6 Å². The van der Waals surface area contributed by atoms with E-state index in [1.165, 1.54) is 10.4 Å².